The number of hydrogen-bond acceptors (Lipinski definition) is 6. The molecule has 0 saturated carbocycles. The fourth-order valence-corrected chi connectivity index (χ4v) is 4.67. The lowest BCUT2D eigenvalue weighted by atomic mass is 10.1. The number of phenolic OH excluding ortho intramolecular Hbond substituents is 1. The largest absolute Gasteiger partial charge is 0.506 e. The Hall–Kier alpha value is -3.53. The second kappa shape index (κ2) is 7.06. The van der Waals surface area contributed by atoms with Crippen LogP contribution in [0.3, 0.4) is 0 Å². The van der Waals surface area contributed by atoms with E-state index < -0.39 is 22.7 Å². The van der Waals surface area contributed by atoms with Gasteiger partial charge in [-0.3, -0.25) is 9.59 Å². The first-order chi connectivity index (χ1) is 14.2. The van der Waals surface area contributed by atoms with Crippen LogP contribution in [0.2, 0.25) is 0 Å². The Labute approximate surface area is 172 Å². The van der Waals surface area contributed by atoms with Crippen LogP contribution in [0.15, 0.2) is 53.3 Å². The number of phenols is 1. The number of rotatable bonds is 4. The summed E-state index contributed by atoms with van der Waals surface area (Å²) in [5.74, 6) is -1.04. The van der Waals surface area contributed by atoms with Crippen LogP contribution in [-0.4, -0.2) is 30.5 Å². The van der Waals surface area contributed by atoms with Gasteiger partial charge < -0.3 is 15.0 Å². The molecule has 1 amide bonds. The van der Waals surface area contributed by atoms with Crippen LogP contribution in [0.25, 0.3) is 10.9 Å². The van der Waals surface area contributed by atoms with Gasteiger partial charge in [0.25, 0.3) is 11.5 Å². The Morgan fingerprint density at radius 1 is 1.13 bits per heavy atom. The molecule has 0 radical (unpaired) electrons. The van der Waals surface area contributed by atoms with Gasteiger partial charge in [0.1, 0.15) is 18.0 Å². The predicted octanol–water partition coefficient (Wildman–Crippen LogP) is 1.60. The second-order valence-corrected chi connectivity index (χ2v) is 8.73. The Morgan fingerprint density at radius 3 is 2.47 bits per heavy atom. The number of pyridine rings is 1. The minimum absolute atomic E-state index is 0.0402. The van der Waals surface area contributed by atoms with Crippen LogP contribution in [0.1, 0.15) is 18.5 Å². The lowest BCUT2D eigenvalue weighted by molar-refractivity contribution is -0.117. The minimum atomic E-state index is -4.07. The number of nitrogens with one attached hydrogen (secondary N) is 2. The van der Waals surface area contributed by atoms with Gasteiger partial charge in [0, 0.05) is 24.5 Å². The number of nitrogens with zero attached hydrogens (tertiary/aromatic N) is 2. The van der Waals surface area contributed by atoms with Crippen LogP contribution < -0.4 is 19.9 Å². The summed E-state index contributed by atoms with van der Waals surface area (Å²) in [6.07, 6.45) is 0. The monoisotopic (exact) mass is 428 g/mol. The molecule has 0 bridgehead atoms. The van der Waals surface area contributed by atoms with Gasteiger partial charge >= 0.3 is 10.2 Å². The van der Waals surface area contributed by atoms with Crippen LogP contribution >= 0.6 is 0 Å². The fraction of sp³-hybridized carbons (Fsp3) is 0.200. The van der Waals surface area contributed by atoms with Crippen LogP contribution in [0.5, 0.6) is 5.75 Å². The third-order valence-corrected chi connectivity index (χ3v) is 6.47. The highest BCUT2D eigenvalue weighted by molar-refractivity contribution is 7.92. The molecule has 4 rings (SSSR count). The average molecular weight is 428 g/mol. The summed E-state index contributed by atoms with van der Waals surface area (Å²) < 4.78 is 28.4. The van der Waals surface area contributed by atoms with Crippen molar-refractivity contribution in [3.8, 4) is 5.75 Å². The van der Waals surface area contributed by atoms with E-state index in [1.807, 2.05) is 42.0 Å². The normalized spacial score (nSPS) is 16.5. The molecule has 3 aromatic rings. The third kappa shape index (κ3) is 3.35. The molecule has 1 aromatic heterocycles. The molecule has 2 aromatic carbocycles. The molecule has 9 nitrogen and oxygen atoms in total. The van der Waals surface area contributed by atoms with Gasteiger partial charge in [-0.25, -0.2) is 9.03 Å². The van der Waals surface area contributed by atoms with E-state index in [2.05, 4.69) is 5.32 Å². The van der Waals surface area contributed by atoms with E-state index in [-0.39, 0.29) is 23.0 Å². The van der Waals surface area contributed by atoms with Crippen molar-refractivity contribution in [2.75, 3.05) is 16.2 Å². The zero-order valence-electron chi connectivity index (χ0n) is 16.3. The first-order valence-corrected chi connectivity index (χ1v) is 10.6. The summed E-state index contributed by atoms with van der Waals surface area (Å²) in [6.45, 7) is 1.50. The molecular weight excluding hydrogens is 408 g/mol. The van der Waals surface area contributed by atoms with Gasteiger partial charge in [-0.2, -0.15) is 8.42 Å². The molecule has 1 atom stereocenters. The van der Waals surface area contributed by atoms with E-state index in [0.717, 1.165) is 9.87 Å². The highest BCUT2D eigenvalue weighted by Crippen LogP contribution is 2.35. The van der Waals surface area contributed by atoms with Crippen LogP contribution in [-0.2, 0) is 22.1 Å². The highest BCUT2D eigenvalue weighted by Gasteiger charge is 2.35. The molecule has 1 fully saturated rings. The minimum Gasteiger partial charge on any atom is -0.506 e. The maximum absolute atomic E-state index is 12.8. The smallest absolute Gasteiger partial charge is 0.326 e. The molecule has 1 aliphatic heterocycles. The number of hydrogen-bond donors (Lipinski definition) is 3. The number of carbonyl (C=O) groups is 1. The molecule has 0 spiro atoms. The Kier molecular flexibility index (Phi) is 4.65. The molecule has 0 aliphatic carbocycles. The van der Waals surface area contributed by atoms with E-state index in [9.17, 15) is 23.1 Å². The van der Waals surface area contributed by atoms with Crippen molar-refractivity contribution in [1.29, 1.82) is 0 Å². The molecule has 30 heavy (non-hydrogen) atoms. The zero-order valence-corrected chi connectivity index (χ0v) is 17.1. The molecule has 2 heterocycles. The summed E-state index contributed by atoms with van der Waals surface area (Å²) in [4.78, 5) is 24.4. The van der Waals surface area contributed by atoms with Gasteiger partial charge in [0.05, 0.1) is 11.2 Å². The van der Waals surface area contributed by atoms with Crippen molar-refractivity contribution >= 4 is 38.4 Å². The zero-order chi connectivity index (χ0) is 21.6. The van der Waals surface area contributed by atoms with Crippen molar-refractivity contribution in [2.45, 2.75) is 13.0 Å². The van der Waals surface area contributed by atoms with Gasteiger partial charge in [-0.15, -0.1) is 0 Å². The maximum atomic E-state index is 12.8. The van der Waals surface area contributed by atoms with Crippen molar-refractivity contribution in [3.63, 3.8) is 0 Å². The lowest BCUT2D eigenvalue weighted by Crippen LogP contribution is -2.29. The summed E-state index contributed by atoms with van der Waals surface area (Å²) in [6, 6.07) is 13.8. The quantitative estimate of drug-likeness (QED) is 0.581. The summed E-state index contributed by atoms with van der Waals surface area (Å²) in [7, 11) is -2.51. The van der Waals surface area contributed by atoms with E-state index in [0.29, 0.717) is 16.6 Å². The highest BCUT2D eigenvalue weighted by atomic mass is 32.2. The van der Waals surface area contributed by atoms with Crippen molar-refractivity contribution in [3.05, 3.63) is 64.4 Å². The SMILES string of the molecule is C[C@H](Nc1cc2cc(N3CC(=O)NS3(=O)=O)c(O)cc2n(C)c1=O)c1ccccc1. The topological polar surface area (TPSA) is 121 Å². The first-order valence-electron chi connectivity index (χ1n) is 9.19. The molecule has 1 saturated heterocycles. The summed E-state index contributed by atoms with van der Waals surface area (Å²) >= 11 is 0. The number of aryl methyl sites for hydroxylation is 1. The molecular formula is C20H20N4O5S. The van der Waals surface area contributed by atoms with E-state index in [1.54, 1.807) is 13.1 Å². The van der Waals surface area contributed by atoms with Crippen molar-refractivity contribution in [1.82, 2.24) is 9.29 Å². The van der Waals surface area contributed by atoms with Crippen molar-refractivity contribution < 1.29 is 18.3 Å². The predicted molar refractivity (Wildman–Crippen MR) is 114 cm³/mol. The van der Waals surface area contributed by atoms with E-state index in [1.165, 1.54) is 16.7 Å². The van der Waals surface area contributed by atoms with Gasteiger partial charge in [0.2, 0.25) is 0 Å². The van der Waals surface area contributed by atoms with Crippen molar-refractivity contribution in [2.24, 2.45) is 7.05 Å². The maximum Gasteiger partial charge on any atom is 0.326 e. The molecule has 3 N–H and O–H groups in total. The number of aromatic nitrogens is 1. The third-order valence-electron chi connectivity index (χ3n) is 5.08. The van der Waals surface area contributed by atoms with Gasteiger partial charge in [0.15, 0.2) is 0 Å². The lowest BCUT2D eigenvalue weighted by Gasteiger charge is -2.19. The number of benzene rings is 2. The van der Waals surface area contributed by atoms with Crippen LogP contribution in [0, 0.1) is 0 Å². The molecule has 10 heteroatoms. The van der Waals surface area contributed by atoms with E-state index in [4.69, 9.17) is 0 Å². The second-order valence-electron chi connectivity index (χ2n) is 7.14. The van der Waals surface area contributed by atoms with Crippen LogP contribution in [0.4, 0.5) is 11.4 Å². The fourth-order valence-electron chi connectivity index (χ4n) is 3.52. The number of aromatic hydroxyl groups is 1. The number of anilines is 2. The number of amides is 1. The van der Waals surface area contributed by atoms with E-state index >= 15 is 0 Å². The Balaban J connectivity index is 1.81. The number of fused-ring (bicyclic) bond motifs is 1. The Morgan fingerprint density at radius 2 is 1.83 bits per heavy atom. The molecule has 1 aliphatic rings. The summed E-state index contributed by atoms with van der Waals surface area (Å²) in [5.41, 5.74) is 1.43. The summed E-state index contributed by atoms with van der Waals surface area (Å²) in [5, 5.41) is 14.1. The van der Waals surface area contributed by atoms with Gasteiger partial charge in [-0.1, -0.05) is 30.3 Å². The average Bonchev–Trinajstić information content (AvgIpc) is 2.98. The Bertz CT molecular complexity index is 1320. The molecule has 156 valence electrons. The molecule has 0 unspecified atom stereocenters. The number of carbonyl (C=O) groups excluding carboxylic acids is 1. The standard InChI is InChI=1S/C20H20N4O5S/c1-12(13-6-4-3-5-7-13)21-15-8-14-9-17(24-11-19(26)22-30(24,28)29)18(25)10-16(14)23(2)20(15)27/h3-10,12,21,25H,11H2,1-2H3,(H,22,26)/t12-/m0/s1. The first kappa shape index (κ1) is 19.8. The van der Waals surface area contributed by atoms with Gasteiger partial charge in [-0.05, 0) is 24.6 Å².